The first kappa shape index (κ1) is 12.9. The van der Waals surface area contributed by atoms with E-state index < -0.39 is 0 Å². The van der Waals surface area contributed by atoms with Crippen LogP contribution in [0.5, 0.6) is 0 Å². The van der Waals surface area contributed by atoms with Gasteiger partial charge in [-0.1, -0.05) is 20.8 Å². The van der Waals surface area contributed by atoms with Crippen molar-refractivity contribution < 1.29 is 0 Å². The summed E-state index contributed by atoms with van der Waals surface area (Å²) in [5.41, 5.74) is 0.214. The molecule has 2 fully saturated rings. The maximum absolute atomic E-state index is 9.72. The zero-order valence-electron chi connectivity index (χ0n) is 11.4. The van der Waals surface area contributed by atoms with Crippen molar-refractivity contribution >= 4 is 0 Å². The van der Waals surface area contributed by atoms with Crippen LogP contribution in [0.15, 0.2) is 0 Å². The van der Waals surface area contributed by atoms with Gasteiger partial charge in [0, 0.05) is 26.2 Å². The van der Waals surface area contributed by atoms with Gasteiger partial charge in [-0.3, -0.25) is 4.90 Å². The first-order valence-corrected chi connectivity index (χ1v) is 6.87. The first-order chi connectivity index (χ1) is 8.00. The summed E-state index contributed by atoms with van der Waals surface area (Å²) < 4.78 is 0. The number of nitriles is 1. The van der Waals surface area contributed by atoms with E-state index in [9.17, 15) is 5.26 Å². The minimum absolute atomic E-state index is 0.197. The van der Waals surface area contributed by atoms with Crippen molar-refractivity contribution in [2.24, 2.45) is 11.3 Å². The number of nitrogens with zero attached hydrogens (tertiary/aromatic N) is 2. The van der Waals surface area contributed by atoms with Crippen molar-refractivity contribution in [1.29, 1.82) is 5.26 Å². The van der Waals surface area contributed by atoms with E-state index in [-0.39, 0.29) is 5.54 Å². The molecular formula is C14H25N3. The van der Waals surface area contributed by atoms with Gasteiger partial charge in [0.15, 0.2) is 0 Å². The highest BCUT2D eigenvalue weighted by molar-refractivity contribution is 5.15. The van der Waals surface area contributed by atoms with Gasteiger partial charge < -0.3 is 5.32 Å². The van der Waals surface area contributed by atoms with E-state index >= 15 is 0 Å². The quantitative estimate of drug-likeness (QED) is 0.755. The molecule has 2 atom stereocenters. The van der Waals surface area contributed by atoms with Gasteiger partial charge >= 0.3 is 0 Å². The molecule has 3 nitrogen and oxygen atoms in total. The zero-order chi connectivity index (χ0) is 12.5. The van der Waals surface area contributed by atoms with Gasteiger partial charge in [0.1, 0.15) is 5.54 Å². The van der Waals surface area contributed by atoms with Crippen molar-refractivity contribution in [2.75, 3.05) is 26.2 Å². The SMILES string of the molecule is CC1CC(C)(C)CCC1(C#N)N1CCNCC1. The average molecular weight is 235 g/mol. The maximum Gasteiger partial charge on any atom is 0.111 e. The van der Waals surface area contributed by atoms with Crippen molar-refractivity contribution in [1.82, 2.24) is 10.2 Å². The average Bonchev–Trinajstić information content (AvgIpc) is 2.30. The Balaban J connectivity index is 2.17. The summed E-state index contributed by atoms with van der Waals surface area (Å²) in [6.07, 6.45) is 3.39. The molecule has 1 N–H and O–H groups in total. The third-order valence-electron chi connectivity index (χ3n) is 4.73. The van der Waals surface area contributed by atoms with Crippen LogP contribution < -0.4 is 5.32 Å². The minimum Gasteiger partial charge on any atom is -0.314 e. The van der Waals surface area contributed by atoms with Crippen LogP contribution in [0.2, 0.25) is 0 Å². The highest BCUT2D eigenvalue weighted by atomic mass is 15.2. The monoisotopic (exact) mass is 235 g/mol. The number of hydrogen-bond acceptors (Lipinski definition) is 3. The molecule has 1 saturated carbocycles. The van der Waals surface area contributed by atoms with Gasteiger partial charge in [0.25, 0.3) is 0 Å². The molecule has 0 spiro atoms. The third kappa shape index (κ3) is 2.34. The lowest BCUT2D eigenvalue weighted by Gasteiger charge is -2.51. The maximum atomic E-state index is 9.72. The zero-order valence-corrected chi connectivity index (χ0v) is 11.4. The highest BCUT2D eigenvalue weighted by Crippen LogP contribution is 2.46. The van der Waals surface area contributed by atoms with E-state index in [2.05, 4.69) is 37.1 Å². The van der Waals surface area contributed by atoms with E-state index in [1.54, 1.807) is 0 Å². The van der Waals surface area contributed by atoms with Crippen molar-refractivity contribution in [2.45, 2.75) is 45.6 Å². The van der Waals surface area contributed by atoms with E-state index in [1.165, 1.54) is 12.8 Å². The second kappa shape index (κ2) is 4.59. The molecule has 3 heteroatoms. The molecule has 1 heterocycles. The van der Waals surface area contributed by atoms with Crippen LogP contribution >= 0.6 is 0 Å². The van der Waals surface area contributed by atoms with Crippen LogP contribution in [0, 0.1) is 22.7 Å². The number of hydrogen-bond donors (Lipinski definition) is 1. The molecule has 0 aromatic rings. The molecule has 0 radical (unpaired) electrons. The predicted octanol–water partition coefficient (Wildman–Crippen LogP) is 2.00. The fraction of sp³-hybridized carbons (Fsp3) is 0.929. The standard InChI is InChI=1S/C14H25N3/c1-12-10-13(2,3)4-5-14(12,11-15)17-8-6-16-7-9-17/h12,16H,4-10H2,1-3H3. The molecule has 0 amide bonds. The molecule has 1 aliphatic carbocycles. The summed E-state index contributed by atoms with van der Waals surface area (Å²) in [5, 5.41) is 13.1. The molecule has 2 aliphatic rings. The van der Waals surface area contributed by atoms with Gasteiger partial charge in [0.2, 0.25) is 0 Å². The normalized spacial score (nSPS) is 38.6. The van der Waals surface area contributed by atoms with E-state index in [4.69, 9.17) is 0 Å². The molecule has 2 rings (SSSR count). The molecule has 2 unspecified atom stereocenters. The van der Waals surface area contributed by atoms with Gasteiger partial charge in [-0.15, -0.1) is 0 Å². The fourth-order valence-corrected chi connectivity index (χ4v) is 3.65. The fourth-order valence-electron chi connectivity index (χ4n) is 3.65. The predicted molar refractivity (Wildman–Crippen MR) is 69.6 cm³/mol. The Morgan fingerprint density at radius 2 is 1.88 bits per heavy atom. The van der Waals surface area contributed by atoms with E-state index in [0.717, 1.165) is 32.6 Å². The smallest absolute Gasteiger partial charge is 0.111 e. The van der Waals surface area contributed by atoms with Crippen molar-refractivity contribution in [3.05, 3.63) is 0 Å². The molecule has 1 aliphatic heterocycles. The second-order valence-electron chi connectivity index (χ2n) is 6.54. The largest absolute Gasteiger partial charge is 0.314 e. The lowest BCUT2D eigenvalue weighted by atomic mass is 9.63. The number of nitrogens with one attached hydrogen (secondary N) is 1. The van der Waals surface area contributed by atoms with Crippen molar-refractivity contribution in [3.63, 3.8) is 0 Å². The van der Waals surface area contributed by atoms with Crippen LogP contribution in [-0.2, 0) is 0 Å². The minimum atomic E-state index is -0.197. The third-order valence-corrected chi connectivity index (χ3v) is 4.73. The Kier molecular flexibility index (Phi) is 3.47. The van der Waals surface area contributed by atoms with Gasteiger partial charge in [-0.2, -0.15) is 5.26 Å². The Morgan fingerprint density at radius 3 is 2.41 bits per heavy atom. The molecular weight excluding hydrogens is 210 g/mol. The summed E-state index contributed by atoms with van der Waals surface area (Å²) in [7, 11) is 0. The Hall–Kier alpha value is -0.590. The van der Waals surface area contributed by atoms with E-state index in [1.807, 2.05) is 0 Å². The molecule has 17 heavy (non-hydrogen) atoms. The number of rotatable bonds is 1. The summed E-state index contributed by atoms with van der Waals surface area (Å²) in [6, 6.07) is 2.67. The molecule has 96 valence electrons. The van der Waals surface area contributed by atoms with Crippen LogP contribution in [-0.4, -0.2) is 36.6 Å². The molecule has 0 aromatic carbocycles. The Morgan fingerprint density at radius 1 is 1.24 bits per heavy atom. The highest BCUT2D eigenvalue weighted by Gasteiger charge is 2.48. The Bertz CT molecular complexity index is 312. The summed E-state index contributed by atoms with van der Waals surface area (Å²) in [4.78, 5) is 2.43. The Labute approximate surface area is 105 Å². The van der Waals surface area contributed by atoms with E-state index in [0.29, 0.717) is 11.3 Å². The topological polar surface area (TPSA) is 39.1 Å². The lowest BCUT2D eigenvalue weighted by Crippen LogP contribution is -2.60. The molecule has 0 bridgehead atoms. The second-order valence-corrected chi connectivity index (χ2v) is 6.54. The van der Waals surface area contributed by atoms with Crippen LogP contribution in [0.1, 0.15) is 40.0 Å². The van der Waals surface area contributed by atoms with Crippen molar-refractivity contribution in [3.8, 4) is 6.07 Å². The molecule has 1 saturated heterocycles. The summed E-state index contributed by atoms with van der Waals surface area (Å²) in [6.45, 7) is 11.0. The number of piperazine rings is 1. The van der Waals surface area contributed by atoms with Gasteiger partial charge in [-0.05, 0) is 30.6 Å². The molecule has 0 aromatic heterocycles. The van der Waals surface area contributed by atoms with Gasteiger partial charge in [-0.25, -0.2) is 0 Å². The first-order valence-electron chi connectivity index (χ1n) is 6.87. The van der Waals surface area contributed by atoms with Crippen LogP contribution in [0.4, 0.5) is 0 Å². The van der Waals surface area contributed by atoms with Crippen LogP contribution in [0.25, 0.3) is 0 Å². The summed E-state index contributed by atoms with van der Waals surface area (Å²) >= 11 is 0. The lowest BCUT2D eigenvalue weighted by molar-refractivity contribution is 0.00450. The van der Waals surface area contributed by atoms with Crippen LogP contribution in [0.3, 0.4) is 0 Å². The van der Waals surface area contributed by atoms with Gasteiger partial charge in [0.05, 0.1) is 6.07 Å². The summed E-state index contributed by atoms with van der Waals surface area (Å²) in [5.74, 6) is 0.481.